The van der Waals surface area contributed by atoms with E-state index in [-0.39, 0.29) is 17.6 Å². The van der Waals surface area contributed by atoms with E-state index in [1.807, 2.05) is 18.6 Å². The summed E-state index contributed by atoms with van der Waals surface area (Å²) in [5.41, 5.74) is 1.19. The summed E-state index contributed by atoms with van der Waals surface area (Å²) in [6.45, 7) is -0.250. The molecule has 2 atom stereocenters. The van der Waals surface area contributed by atoms with E-state index in [0.29, 0.717) is 17.4 Å². The molecule has 0 radical (unpaired) electrons. The van der Waals surface area contributed by atoms with E-state index in [4.69, 9.17) is 9.90 Å². The molecule has 1 aromatic carbocycles. The van der Waals surface area contributed by atoms with Gasteiger partial charge in [0.2, 0.25) is 0 Å². The van der Waals surface area contributed by atoms with E-state index < -0.39 is 5.97 Å². The Labute approximate surface area is 184 Å². The lowest BCUT2D eigenvalue weighted by atomic mass is 9.49. The number of carboxylic acids is 1. The van der Waals surface area contributed by atoms with Crippen LogP contribution in [0.3, 0.4) is 0 Å². The number of aromatic carboxylic acids is 1. The predicted octanol–water partition coefficient (Wildman–Crippen LogP) is 3.25. The number of hydrogen-bond donors (Lipinski definition) is 2. The second kappa shape index (κ2) is 7.58. The molecule has 4 bridgehead atoms. The van der Waals surface area contributed by atoms with Gasteiger partial charge in [0.05, 0.1) is 11.1 Å². The molecule has 4 saturated carbocycles. The van der Waals surface area contributed by atoms with Crippen molar-refractivity contribution in [3.63, 3.8) is 0 Å². The van der Waals surface area contributed by atoms with Gasteiger partial charge < -0.3 is 14.8 Å². The summed E-state index contributed by atoms with van der Waals surface area (Å²) in [6, 6.07) is 7.12. The SMILES string of the molecule is O=C(O)c1cccc(-c2nccn2C23CC4CC(CC(n5cncn5)(C4)C2)C3)c1.O=CO. The highest BCUT2D eigenvalue weighted by atomic mass is 16.4. The highest BCUT2D eigenvalue weighted by molar-refractivity contribution is 5.89. The molecule has 2 aromatic heterocycles. The molecule has 9 nitrogen and oxygen atoms in total. The number of imidazole rings is 1. The lowest BCUT2D eigenvalue weighted by molar-refractivity contribution is -0.122. The molecule has 0 amide bonds. The molecule has 0 saturated heterocycles. The van der Waals surface area contributed by atoms with Gasteiger partial charge in [-0.1, -0.05) is 12.1 Å². The number of hydrogen-bond acceptors (Lipinski definition) is 5. The first-order valence-electron chi connectivity index (χ1n) is 10.8. The Morgan fingerprint density at radius 1 is 1.16 bits per heavy atom. The van der Waals surface area contributed by atoms with Crippen LogP contribution < -0.4 is 0 Å². The van der Waals surface area contributed by atoms with Crippen molar-refractivity contribution in [3.05, 3.63) is 54.9 Å². The molecule has 2 heterocycles. The number of carbonyl (C=O) groups is 2. The maximum Gasteiger partial charge on any atom is 0.335 e. The highest BCUT2D eigenvalue weighted by Gasteiger charge is 2.60. The number of rotatable bonds is 4. The van der Waals surface area contributed by atoms with Crippen molar-refractivity contribution in [2.24, 2.45) is 11.8 Å². The van der Waals surface area contributed by atoms with Crippen LogP contribution in [0.4, 0.5) is 0 Å². The van der Waals surface area contributed by atoms with Crippen LogP contribution in [0, 0.1) is 11.8 Å². The first kappa shape index (κ1) is 20.4. The fraction of sp³-hybridized carbons (Fsp3) is 0.435. The molecule has 4 fully saturated rings. The predicted molar refractivity (Wildman–Crippen MR) is 114 cm³/mol. The van der Waals surface area contributed by atoms with Crippen LogP contribution >= 0.6 is 0 Å². The standard InChI is InChI=1S/C22H23N5O2.CH2O2/c28-20(29)18-3-1-2-17(7-18)19-24-4-5-26(19)21-8-15-6-16(9-21)11-22(10-15,12-21)27-14-23-13-25-27;2-1-3/h1-5,7,13-16H,6,8-12H2,(H,28,29);1H,(H,2,3). The van der Waals surface area contributed by atoms with Gasteiger partial charge in [-0.3, -0.25) is 4.79 Å². The van der Waals surface area contributed by atoms with Crippen LogP contribution in [-0.2, 0) is 15.9 Å². The topological polar surface area (TPSA) is 123 Å². The maximum atomic E-state index is 11.5. The Kier molecular flexibility index (Phi) is 4.83. The summed E-state index contributed by atoms with van der Waals surface area (Å²) in [4.78, 5) is 28.7. The van der Waals surface area contributed by atoms with E-state index in [0.717, 1.165) is 30.7 Å². The molecule has 0 spiro atoms. The molecule has 9 heteroatoms. The third-order valence-corrected chi connectivity index (χ3v) is 7.42. The summed E-state index contributed by atoms with van der Waals surface area (Å²) in [5.74, 6) is 1.32. The zero-order valence-corrected chi connectivity index (χ0v) is 17.5. The monoisotopic (exact) mass is 435 g/mol. The van der Waals surface area contributed by atoms with Crippen LogP contribution in [0.1, 0.15) is 48.9 Å². The largest absolute Gasteiger partial charge is 0.483 e. The summed E-state index contributed by atoms with van der Waals surface area (Å²) >= 11 is 0. The fourth-order valence-electron chi connectivity index (χ4n) is 6.86. The van der Waals surface area contributed by atoms with Gasteiger partial charge in [0.25, 0.3) is 6.47 Å². The van der Waals surface area contributed by atoms with Crippen molar-refractivity contribution in [3.8, 4) is 11.4 Å². The zero-order chi connectivity index (χ0) is 22.3. The number of nitrogens with zero attached hydrogens (tertiary/aromatic N) is 5. The molecule has 4 aliphatic rings. The third-order valence-electron chi connectivity index (χ3n) is 7.42. The molecule has 2 unspecified atom stereocenters. The van der Waals surface area contributed by atoms with Gasteiger partial charge in [0, 0.05) is 23.5 Å². The van der Waals surface area contributed by atoms with E-state index in [9.17, 15) is 9.90 Å². The second-order valence-electron chi connectivity index (χ2n) is 9.36. The quantitative estimate of drug-likeness (QED) is 0.603. The van der Waals surface area contributed by atoms with Gasteiger partial charge in [-0.2, -0.15) is 5.10 Å². The Morgan fingerprint density at radius 2 is 1.88 bits per heavy atom. The van der Waals surface area contributed by atoms with Crippen LogP contribution in [0.5, 0.6) is 0 Å². The van der Waals surface area contributed by atoms with E-state index >= 15 is 0 Å². The molecular weight excluding hydrogens is 410 g/mol. The average molecular weight is 435 g/mol. The van der Waals surface area contributed by atoms with Crippen molar-refractivity contribution in [1.29, 1.82) is 0 Å². The van der Waals surface area contributed by atoms with Crippen molar-refractivity contribution < 1.29 is 19.8 Å². The Hall–Kier alpha value is -3.49. The minimum atomic E-state index is -0.912. The lowest BCUT2D eigenvalue weighted by Gasteiger charge is -2.62. The molecule has 7 rings (SSSR count). The highest BCUT2D eigenvalue weighted by Crippen LogP contribution is 2.63. The van der Waals surface area contributed by atoms with Crippen molar-refractivity contribution in [2.45, 2.75) is 49.6 Å². The Bertz CT molecular complexity index is 1120. The Morgan fingerprint density at radius 3 is 2.53 bits per heavy atom. The van der Waals surface area contributed by atoms with Crippen LogP contribution in [0.25, 0.3) is 11.4 Å². The average Bonchev–Trinajstić information content (AvgIpc) is 3.46. The van der Waals surface area contributed by atoms with Gasteiger partial charge in [0.15, 0.2) is 0 Å². The smallest absolute Gasteiger partial charge is 0.335 e. The first-order valence-corrected chi connectivity index (χ1v) is 10.8. The number of benzene rings is 1. The summed E-state index contributed by atoms with van der Waals surface area (Å²) in [6.07, 6.45) is 14.4. The van der Waals surface area contributed by atoms with Crippen molar-refractivity contribution >= 4 is 12.4 Å². The van der Waals surface area contributed by atoms with Gasteiger partial charge in [0.1, 0.15) is 18.5 Å². The van der Waals surface area contributed by atoms with Crippen molar-refractivity contribution in [2.75, 3.05) is 0 Å². The van der Waals surface area contributed by atoms with Crippen molar-refractivity contribution in [1.82, 2.24) is 24.3 Å². The molecular formula is C23H25N5O4. The van der Waals surface area contributed by atoms with Crippen LogP contribution in [0.2, 0.25) is 0 Å². The molecule has 2 N–H and O–H groups in total. The van der Waals surface area contributed by atoms with Crippen LogP contribution in [0.15, 0.2) is 49.3 Å². The molecule has 32 heavy (non-hydrogen) atoms. The van der Waals surface area contributed by atoms with Gasteiger partial charge in [-0.15, -0.1) is 0 Å². The molecule has 0 aliphatic heterocycles. The van der Waals surface area contributed by atoms with Gasteiger partial charge in [-0.05, 0) is 62.5 Å². The van der Waals surface area contributed by atoms with Gasteiger partial charge in [-0.25, -0.2) is 19.4 Å². The number of aromatic nitrogens is 5. The minimum absolute atomic E-state index is 0.00109. The zero-order valence-electron chi connectivity index (χ0n) is 17.5. The van der Waals surface area contributed by atoms with Crippen LogP contribution in [-0.4, -0.2) is 47.0 Å². The summed E-state index contributed by atoms with van der Waals surface area (Å²) in [5, 5.41) is 20.8. The number of carboxylic acid groups (broad SMARTS) is 2. The Balaban J connectivity index is 0.000000684. The fourth-order valence-corrected chi connectivity index (χ4v) is 6.86. The third kappa shape index (κ3) is 3.19. The maximum absolute atomic E-state index is 11.5. The van der Waals surface area contributed by atoms with E-state index in [2.05, 4.69) is 30.5 Å². The lowest BCUT2D eigenvalue weighted by Crippen LogP contribution is -2.60. The van der Waals surface area contributed by atoms with Gasteiger partial charge >= 0.3 is 5.97 Å². The van der Waals surface area contributed by atoms with E-state index in [1.54, 1.807) is 24.5 Å². The first-order chi connectivity index (χ1) is 15.5. The van der Waals surface area contributed by atoms with E-state index in [1.165, 1.54) is 19.3 Å². The molecule has 3 aromatic rings. The second-order valence-corrected chi connectivity index (χ2v) is 9.36. The normalized spacial score (nSPS) is 29.9. The molecule has 166 valence electrons. The summed E-state index contributed by atoms with van der Waals surface area (Å²) < 4.78 is 4.46. The molecule has 4 aliphatic carbocycles. The summed E-state index contributed by atoms with van der Waals surface area (Å²) in [7, 11) is 0. The minimum Gasteiger partial charge on any atom is -0.483 e.